The summed E-state index contributed by atoms with van der Waals surface area (Å²) in [6.45, 7) is 4.28. The minimum Gasteiger partial charge on any atom is -0.464 e. The Morgan fingerprint density at radius 1 is 1.29 bits per heavy atom. The van der Waals surface area contributed by atoms with Gasteiger partial charge in [0.15, 0.2) is 5.82 Å². The maximum atomic E-state index is 5.62. The molecule has 0 amide bonds. The van der Waals surface area contributed by atoms with Gasteiger partial charge in [-0.2, -0.15) is 15.0 Å². The number of ether oxygens (including phenoxy) is 1. The largest absolute Gasteiger partial charge is 0.464 e. The molecule has 2 aromatic rings. The number of aromatic nitrogens is 4. The predicted molar refractivity (Wildman–Crippen MR) is 63.4 cm³/mol. The zero-order valence-electron chi connectivity index (χ0n) is 9.71. The van der Waals surface area contributed by atoms with E-state index in [2.05, 4.69) is 19.9 Å². The number of pyridine rings is 1. The number of nitrogens with zero attached hydrogens (tertiary/aromatic N) is 4. The summed E-state index contributed by atoms with van der Waals surface area (Å²) in [6, 6.07) is 2.08. The molecule has 0 aliphatic carbocycles. The second kappa shape index (κ2) is 4.73. The maximum absolute atomic E-state index is 5.62. The van der Waals surface area contributed by atoms with Crippen molar-refractivity contribution in [3.8, 4) is 17.4 Å². The van der Waals surface area contributed by atoms with Crippen LogP contribution in [0.2, 0.25) is 0 Å². The molecule has 0 radical (unpaired) electrons. The Morgan fingerprint density at radius 3 is 2.82 bits per heavy atom. The van der Waals surface area contributed by atoms with Crippen LogP contribution in [0, 0.1) is 6.92 Å². The highest BCUT2D eigenvalue weighted by Crippen LogP contribution is 2.20. The van der Waals surface area contributed by atoms with Gasteiger partial charge in [-0.25, -0.2) is 0 Å². The lowest BCUT2D eigenvalue weighted by Crippen LogP contribution is -2.05. The fraction of sp³-hybridized carbons (Fsp3) is 0.273. The molecule has 0 saturated heterocycles. The Balaban J connectivity index is 2.48. The van der Waals surface area contributed by atoms with Crippen molar-refractivity contribution in [3.63, 3.8) is 0 Å². The standard InChI is InChI=1S/C11H13N5O/c1-3-17-11-15-9(14-10(12)16-11)8-4-5-13-6-7(8)2/h4-6H,3H2,1-2H3,(H2,12,14,15,16). The van der Waals surface area contributed by atoms with Crippen LogP contribution in [0.25, 0.3) is 11.4 Å². The highest BCUT2D eigenvalue weighted by atomic mass is 16.5. The first-order valence-corrected chi connectivity index (χ1v) is 5.26. The fourth-order valence-corrected chi connectivity index (χ4v) is 1.41. The van der Waals surface area contributed by atoms with E-state index in [0.717, 1.165) is 11.1 Å². The SMILES string of the molecule is CCOc1nc(N)nc(-c2ccncc2C)n1. The fourth-order valence-electron chi connectivity index (χ4n) is 1.41. The summed E-state index contributed by atoms with van der Waals surface area (Å²) in [5.41, 5.74) is 7.46. The van der Waals surface area contributed by atoms with Crippen LogP contribution in [0.4, 0.5) is 5.95 Å². The molecule has 0 aliphatic heterocycles. The molecule has 0 atom stereocenters. The highest BCUT2D eigenvalue weighted by Gasteiger charge is 2.09. The van der Waals surface area contributed by atoms with Crippen LogP contribution >= 0.6 is 0 Å². The molecular weight excluding hydrogens is 218 g/mol. The summed E-state index contributed by atoms with van der Waals surface area (Å²) < 4.78 is 5.23. The van der Waals surface area contributed by atoms with E-state index < -0.39 is 0 Å². The van der Waals surface area contributed by atoms with E-state index in [1.807, 2.05) is 19.9 Å². The summed E-state index contributed by atoms with van der Waals surface area (Å²) in [5.74, 6) is 0.649. The average molecular weight is 231 g/mol. The molecule has 0 unspecified atom stereocenters. The molecule has 0 fully saturated rings. The normalized spacial score (nSPS) is 10.2. The lowest BCUT2D eigenvalue weighted by molar-refractivity contribution is 0.312. The molecule has 2 rings (SSSR count). The molecule has 6 nitrogen and oxygen atoms in total. The van der Waals surface area contributed by atoms with Crippen molar-refractivity contribution >= 4 is 5.95 Å². The van der Waals surface area contributed by atoms with Crippen LogP contribution in [-0.4, -0.2) is 26.5 Å². The summed E-state index contributed by atoms with van der Waals surface area (Å²) in [7, 11) is 0. The maximum Gasteiger partial charge on any atom is 0.321 e. The van der Waals surface area contributed by atoms with Gasteiger partial charge in [-0.3, -0.25) is 4.98 Å². The number of nitrogen functional groups attached to an aromatic ring is 1. The molecule has 0 saturated carbocycles. The smallest absolute Gasteiger partial charge is 0.321 e. The molecule has 2 heterocycles. The lowest BCUT2D eigenvalue weighted by Gasteiger charge is -2.06. The quantitative estimate of drug-likeness (QED) is 0.854. The first-order chi connectivity index (χ1) is 8.20. The number of rotatable bonds is 3. The zero-order valence-corrected chi connectivity index (χ0v) is 9.71. The highest BCUT2D eigenvalue weighted by molar-refractivity contribution is 5.59. The Bertz CT molecular complexity index is 529. The summed E-state index contributed by atoms with van der Waals surface area (Å²) in [6.07, 6.45) is 3.43. The van der Waals surface area contributed by atoms with Crippen molar-refractivity contribution in [2.24, 2.45) is 0 Å². The molecule has 6 heteroatoms. The van der Waals surface area contributed by atoms with Gasteiger partial charge in [0, 0.05) is 18.0 Å². The minimum atomic E-state index is 0.148. The van der Waals surface area contributed by atoms with Gasteiger partial charge in [-0.1, -0.05) is 0 Å². The number of hydrogen-bond acceptors (Lipinski definition) is 6. The van der Waals surface area contributed by atoms with Crippen LogP contribution in [0.1, 0.15) is 12.5 Å². The zero-order chi connectivity index (χ0) is 12.3. The molecule has 88 valence electrons. The summed E-state index contributed by atoms with van der Waals surface area (Å²) in [4.78, 5) is 16.2. The van der Waals surface area contributed by atoms with Crippen LogP contribution in [0.15, 0.2) is 18.5 Å². The van der Waals surface area contributed by atoms with Gasteiger partial charge in [-0.15, -0.1) is 0 Å². The number of nitrogens with two attached hydrogens (primary N) is 1. The molecule has 2 aromatic heterocycles. The summed E-state index contributed by atoms with van der Waals surface area (Å²) in [5, 5.41) is 0. The van der Waals surface area contributed by atoms with Crippen molar-refractivity contribution < 1.29 is 4.74 Å². The number of hydrogen-bond donors (Lipinski definition) is 1. The van der Waals surface area contributed by atoms with E-state index in [0.29, 0.717) is 12.4 Å². The Kier molecular flexibility index (Phi) is 3.13. The van der Waals surface area contributed by atoms with Gasteiger partial charge >= 0.3 is 6.01 Å². The van der Waals surface area contributed by atoms with Crippen molar-refractivity contribution in [2.75, 3.05) is 12.3 Å². The van der Waals surface area contributed by atoms with Gasteiger partial charge in [0.05, 0.1) is 6.61 Å². The van der Waals surface area contributed by atoms with Crippen molar-refractivity contribution in [2.45, 2.75) is 13.8 Å². The van der Waals surface area contributed by atoms with E-state index >= 15 is 0 Å². The minimum absolute atomic E-state index is 0.148. The second-order valence-corrected chi connectivity index (χ2v) is 3.42. The third kappa shape index (κ3) is 2.47. The van der Waals surface area contributed by atoms with E-state index in [1.165, 1.54) is 0 Å². The third-order valence-electron chi connectivity index (χ3n) is 2.17. The van der Waals surface area contributed by atoms with Crippen LogP contribution in [0.5, 0.6) is 6.01 Å². The monoisotopic (exact) mass is 231 g/mol. The number of anilines is 1. The molecule has 0 aromatic carbocycles. The van der Waals surface area contributed by atoms with Gasteiger partial charge in [0.1, 0.15) is 0 Å². The molecule has 0 aliphatic rings. The third-order valence-corrected chi connectivity index (χ3v) is 2.17. The molecular formula is C11H13N5O. The van der Waals surface area contributed by atoms with E-state index in [9.17, 15) is 0 Å². The van der Waals surface area contributed by atoms with Gasteiger partial charge in [-0.05, 0) is 25.5 Å². The second-order valence-electron chi connectivity index (χ2n) is 3.42. The van der Waals surface area contributed by atoms with Crippen molar-refractivity contribution in [3.05, 3.63) is 24.0 Å². The van der Waals surface area contributed by atoms with Crippen molar-refractivity contribution in [1.29, 1.82) is 0 Å². The summed E-state index contributed by atoms with van der Waals surface area (Å²) >= 11 is 0. The van der Waals surface area contributed by atoms with E-state index in [4.69, 9.17) is 10.5 Å². The van der Waals surface area contributed by atoms with Gasteiger partial charge in [0.25, 0.3) is 0 Å². The van der Waals surface area contributed by atoms with Gasteiger partial charge < -0.3 is 10.5 Å². The molecule has 2 N–H and O–H groups in total. The van der Waals surface area contributed by atoms with E-state index in [-0.39, 0.29) is 12.0 Å². The topological polar surface area (TPSA) is 86.8 Å². The first kappa shape index (κ1) is 11.3. The molecule has 0 spiro atoms. The van der Waals surface area contributed by atoms with Gasteiger partial charge in [0.2, 0.25) is 5.95 Å². The van der Waals surface area contributed by atoms with Crippen molar-refractivity contribution in [1.82, 2.24) is 19.9 Å². The molecule has 0 bridgehead atoms. The number of aryl methyl sites for hydroxylation is 1. The lowest BCUT2D eigenvalue weighted by atomic mass is 10.1. The van der Waals surface area contributed by atoms with Crippen LogP contribution < -0.4 is 10.5 Å². The Hall–Kier alpha value is -2.24. The Morgan fingerprint density at radius 2 is 2.12 bits per heavy atom. The average Bonchev–Trinajstić information content (AvgIpc) is 2.29. The first-order valence-electron chi connectivity index (χ1n) is 5.26. The van der Waals surface area contributed by atoms with E-state index in [1.54, 1.807) is 12.4 Å². The van der Waals surface area contributed by atoms with Crippen LogP contribution in [-0.2, 0) is 0 Å². The molecule has 17 heavy (non-hydrogen) atoms. The predicted octanol–water partition coefficient (Wildman–Crippen LogP) is 1.22. The Labute approximate surface area is 98.9 Å². The van der Waals surface area contributed by atoms with Crippen LogP contribution in [0.3, 0.4) is 0 Å².